The zero-order valence-electron chi connectivity index (χ0n) is 9.21. The summed E-state index contributed by atoms with van der Waals surface area (Å²) in [5, 5.41) is 3.52. The van der Waals surface area contributed by atoms with Crippen LogP contribution >= 0.6 is 0 Å². The minimum atomic E-state index is 0.797. The summed E-state index contributed by atoms with van der Waals surface area (Å²) in [7, 11) is 2.43. The van der Waals surface area contributed by atoms with Gasteiger partial charge >= 0.3 is 0 Å². The second-order valence-electron chi connectivity index (χ2n) is 5.45. The monoisotopic (exact) mass is 183 g/mol. The van der Waals surface area contributed by atoms with Crippen LogP contribution in [0.15, 0.2) is 0 Å². The molecule has 0 spiro atoms. The highest BCUT2D eigenvalue weighted by Gasteiger charge is 2.44. The van der Waals surface area contributed by atoms with E-state index in [1.54, 1.807) is 0 Å². The number of fused-ring (bicyclic) bond motifs is 1. The second kappa shape index (κ2) is 3.25. The van der Waals surface area contributed by atoms with E-state index in [2.05, 4.69) is 26.2 Å². The van der Waals surface area contributed by atoms with E-state index in [1.807, 2.05) is 0 Å². The Morgan fingerprint density at radius 2 is 1.92 bits per heavy atom. The van der Waals surface area contributed by atoms with Gasteiger partial charge in [0, 0.05) is 18.4 Å². The lowest BCUT2D eigenvalue weighted by molar-refractivity contribution is -0.920. The van der Waals surface area contributed by atoms with Crippen molar-refractivity contribution in [3.63, 3.8) is 0 Å². The van der Waals surface area contributed by atoms with E-state index >= 15 is 0 Å². The van der Waals surface area contributed by atoms with Crippen LogP contribution in [0.3, 0.4) is 0 Å². The molecule has 3 unspecified atom stereocenters. The minimum absolute atomic E-state index is 0.797. The lowest BCUT2D eigenvalue weighted by Crippen LogP contribution is -2.47. The smallest absolute Gasteiger partial charge is 0.0832 e. The molecular formula is C11H23N2+. The Morgan fingerprint density at radius 1 is 1.23 bits per heavy atom. The summed E-state index contributed by atoms with van der Waals surface area (Å²) in [6, 6.07) is 0.797. The highest BCUT2D eigenvalue weighted by atomic mass is 15.4. The molecular weight excluding hydrogens is 160 g/mol. The molecule has 0 saturated carbocycles. The third-order valence-electron chi connectivity index (χ3n) is 4.31. The standard InChI is InChI=1S/C11H23N2/c1-9(2)13(3)7-10-4-5-12-6-11(10)8-13/h9-12H,4-8H2,1-3H3/q+1. The van der Waals surface area contributed by atoms with E-state index in [1.165, 1.54) is 37.1 Å². The molecule has 2 nitrogen and oxygen atoms in total. The fourth-order valence-electron chi connectivity index (χ4n) is 3.00. The average Bonchev–Trinajstić information content (AvgIpc) is 2.42. The van der Waals surface area contributed by atoms with Crippen molar-refractivity contribution in [3.05, 3.63) is 0 Å². The Bertz CT molecular complexity index is 175. The Labute approximate surface area is 81.9 Å². The van der Waals surface area contributed by atoms with Crippen molar-refractivity contribution in [1.29, 1.82) is 0 Å². The van der Waals surface area contributed by atoms with Gasteiger partial charge in [-0.3, -0.25) is 0 Å². The Morgan fingerprint density at radius 3 is 2.54 bits per heavy atom. The summed E-state index contributed by atoms with van der Waals surface area (Å²) in [6.45, 7) is 10.1. The number of piperidine rings is 1. The molecule has 0 radical (unpaired) electrons. The molecule has 2 heterocycles. The Hall–Kier alpha value is -0.0800. The first kappa shape index (κ1) is 9.47. The number of rotatable bonds is 1. The number of nitrogens with zero attached hydrogens (tertiary/aromatic N) is 1. The van der Waals surface area contributed by atoms with Crippen LogP contribution in [-0.4, -0.2) is 43.8 Å². The van der Waals surface area contributed by atoms with Gasteiger partial charge in [-0.25, -0.2) is 0 Å². The maximum atomic E-state index is 3.52. The van der Waals surface area contributed by atoms with Crippen LogP contribution in [0.4, 0.5) is 0 Å². The molecule has 0 aromatic heterocycles. The summed E-state index contributed by atoms with van der Waals surface area (Å²) in [6.07, 6.45) is 1.41. The lowest BCUT2D eigenvalue weighted by Gasteiger charge is -2.34. The lowest BCUT2D eigenvalue weighted by atomic mass is 9.90. The fraction of sp³-hybridized carbons (Fsp3) is 1.00. The third-order valence-corrected chi connectivity index (χ3v) is 4.31. The van der Waals surface area contributed by atoms with E-state index in [0.29, 0.717) is 0 Å². The van der Waals surface area contributed by atoms with Gasteiger partial charge in [-0.05, 0) is 26.8 Å². The minimum Gasteiger partial charge on any atom is -0.324 e. The SMILES string of the molecule is CC(C)[N+]1(C)CC2CCNCC2C1. The summed E-state index contributed by atoms with van der Waals surface area (Å²) in [5.41, 5.74) is 0. The molecule has 76 valence electrons. The van der Waals surface area contributed by atoms with Crippen molar-refractivity contribution in [2.24, 2.45) is 11.8 Å². The maximum absolute atomic E-state index is 3.52. The van der Waals surface area contributed by atoms with Gasteiger partial charge in [0.05, 0.1) is 26.2 Å². The van der Waals surface area contributed by atoms with Crippen molar-refractivity contribution in [2.75, 3.05) is 33.2 Å². The van der Waals surface area contributed by atoms with Crippen LogP contribution in [0, 0.1) is 11.8 Å². The fourth-order valence-corrected chi connectivity index (χ4v) is 3.00. The van der Waals surface area contributed by atoms with Crippen molar-refractivity contribution < 1.29 is 4.48 Å². The number of quaternary nitrogens is 1. The molecule has 2 aliphatic rings. The number of hydrogen-bond donors (Lipinski definition) is 1. The maximum Gasteiger partial charge on any atom is 0.0832 e. The van der Waals surface area contributed by atoms with Gasteiger partial charge in [-0.1, -0.05) is 0 Å². The molecule has 2 aliphatic heterocycles. The molecule has 0 aromatic carbocycles. The van der Waals surface area contributed by atoms with Gasteiger partial charge in [0.1, 0.15) is 0 Å². The van der Waals surface area contributed by atoms with Crippen LogP contribution in [0.25, 0.3) is 0 Å². The summed E-state index contributed by atoms with van der Waals surface area (Å²) in [4.78, 5) is 0. The predicted molar refractivity (Wildman–Crippen MR) is 55.5 cm³/mol. The zero-order chi connectivity index (χ0) is 9.47. The predicted octanol–water partition coefficient (Wildman–Crippen LogP) is 1.08. The molecule has 3 atom stereocenters. The van der Waals surface area contributed by atoms with Gasteiger partial charge < -0.3 is 9.80 Å². The molecule has 13 heavy (non-hydrogen) atoms. The van der Waals surface area contributed by atoms with E-state index < -0.39 is 0 Å². The molecule has 0 aliphatic carbocycles. The summed E-state index contributed by atoms with van der Waals surface area (Å²) in [5.74, 6) is 1.97. The van der Waals surface area contributed by atoms with Crippen LogP contribution in [0.1, 0.15) is 20.3 Å². The van der Waals surface area contributed by atoms with E-state index in [9.17, 15) is 0 Å². The molecule has 0 amide bonds. The molecule has 2 fully saturated rings. The molecule has 0 bridgehead atoms. The molecule has 2 saturated heterocycles. The molecule has 1 N–H and O–H groups in total. The average molecular weight is 183 g/mol. The van der Waals surface area contributed by atoms with Crippen molar-refractivity contribution >= 4 is 0 Å². The quantitative estimate of drug-likeness (QED) is 0.600. The third kappa shape index (κ3) is 1.62. The van der Waals surface area contributed by atoms with Gasteiger partial charge in [0.25, 0.3) is 0 Å². The van der Waals surface area contributed by atoms with Gasteiger partial charge in [-0.15, -0.1) is 0 Å². The van der Waals surface area contributed by atoms with Gasteiger partial charge in [-0.2, -0.15) is 0 Å². The summed E-state index contributed by atoms with van der Waals surface area (Å²) < 4.78 is 1.30. The van der Waals surface area contributed by atoms with E-state index in [4.69, 9.17) is 0 Å². The molecule has 0 aromatic rings. The van der Waals surface area contributed by atoms with Crippen molar-refractivity contribution in [3.8, 4) is 0 Å². The molecule has 2 heteroatoms. The Balaban J connectivity index is 2.05. The van der Waals surface area contributed by atoms with Crippen molar-refractivity contribution in [1.82, 2.24) is 5.32 Å². The van der Waals surface area contributed by atoms with Crippen LogP contribution < -0.4 is 5.32 Å². The number of hydrogen-bond acceptors (Lipinski definition) is 1. The highest BCUT2D eigenvalue weighted by molar-refractivity contribution is 4.83. The largest absolute Gasteiger partial charge is 0.324 e. The van der Waals surface area contributed by atoms with Crippen LogP contribution in [-0.2, 0) is 0 Å². The molecule has 2 rings (SSSR count). The summed E-state index contributed by atoms with van der Waals surface area (Å²) >= 11 is 0. The number of nitrogens with one attached hydrogen (secondary N) is 1. The second-order valence-corrected chi connectivity index (χ2v) is 5.45. The highest BCUT2D eigenvalue weighted by Crippen LogP contribution is 2.33. The first-order chi connectivity index (χ1) is 6.12. The van der Waals surface area contributed by atoms with E-state index in [0.717, 1.165) is 17.9 Å². The topological polar surface area (TPSA) is 12.0 Å². The van der Waals surface area contributed by atoms with Crippen molar-refractivity contribution in [2.45, 2.75) is 26.3 Å². The normalized spacial score (nSPS) is 45.2. The Kier molecular flexibility index (Phi) is 2.37. The van der Waals surface area contributed by atoms with Crippen LogP contribution in [0.5, 0.6) is 0 Å². The van der Waals surface area contributed by atoms with E-state index in [-0.39, 0.29) is 0 Å². The van der Waals surface area contributed by atoms with Gasteiger partial charge in [0.15, 0.2) is 0 Å². The van der Waals surface area contributed by atoms with Gasteiger partial charge in [0.2, 0.25) is 0 Å². The first-order valence-electron chi connectivity index (χ1n) is 5.67. The number of likely N-dealkylation sites (tertiary alicyclic amines) is 1. The zero-order valence-corrected chi connectivity index (χ0v) is 9.21. The first-order valence-corrected chi connectivity index (χ1v) is 5.67. The van der Waals surface area contributed by atoms with Crippen LogP contribution in [0.2, 0.25) is 0 Å².